The quantitative estimate of drug-likeness (QED) is 0.667. The van der Waals surface area contributed by atoms with Crippen LogP contribution >= 0.6 is 0 Å². The smallest absolute Gasteiger partial charge is 0.319 e. The third-order valence-corrected chi connectivity index (χ3v) is 2.89. The molecule has 5 nitrogen and oxygen atoms in total. The predicted molar refractivity (Wildman–Crippen MR) is 71.6 cm³/mol. The van der Waals surface area contributed by atoms with Crippen LogP contribution in [0.2, 0.25) is 0 Å². The summed E-state index contributed by atoms with van der Waals surface area (Å²) in [4.78, 5) is 14.8. The summed E-state index contributed by atoms with van der Waals surface area (Å²) in [5.74, 6) is 0. The van der Waals surface area contributed by atoms with Crippen molar-refractivity contribution in [3.63, 3.8) is 0 Å². The zero-order valence-corrected chi connectivity index (χ0v) is 10.2. The van der Waals surface area contributed by atoms with Crippen molar-refractivity contribution in [2.24, 2.45) is 0 Å². The van der Waals surface area contributed by atoms with Crippen molar-refractivity contribution < 1.29 is 9.90 Å². The third-order valence-electron chi connectivity index (χ3n) is 2.89. The highest BCUT2D eigenvalue weighted by molar-refractivity contribution is 6.00. The molecule has 5 heteroatoms. The first-order valence-corrected chi connectivity index (χ1v) is 5.99. The number of anilines is 1. The molecule has 1 atom stereocenters. The number of para-hydroxylation sites is 1. The molecule has 4 N–H and O–H groups in total. The van der Waals surface area contributed by atoms with Crippen molar-refractivity contribution in [2.45, 2.75) is 19.4 Å². The van der Waals surface area contributed by atoms with Crippen LogP contribution in [-0.4, -0.2) is 28.8 Å². The number of hydrogen-bond acceptors (Lipinski definition) is 2. The number of rotatable bonds is 4. The second kappa shape index (κ2) is 5.55. The molecule has 0 unspecified atom stereocenters. The molecule has 1 aromatic heterocycles. The van der Waals surface area contributed by atoms with E-state index in [4.69, 9.17) is 5.11 Å². The van der Waals surface area contributed by atoms with E-state index >= 15 is 0 Å². The monoisotopic (exact) mass is 247 g/mol. The molecule has 0 aliphatic carbocycles. The second-order valence-corrected chi connectivity index (χ2v) is 4.13. The van der Waals surface area contributed by atoms with Gasteiger partial charge in [0, 0.05) is 17.1 Å². The van der Waals surface area contributed by atoms with Crippen molar-refractivity contribution in [2.75, 3.05) is 11.9 Å². The van der Waals surface area contributed by atoms with Gasteiger partial charge in [0.05, 0.1) is 18.3 Å². The third kappa shape index (κ3) is 2.62. The standard InChI is InChI=1S/C13H17N3O2/c1-2-9(8-17)15-13(18)16-12-7-14-11-6-4-3-5-10(11)12/h3-7,9,14,17H,2,8H2,1H3,(H2,15,16,18)/t9-/m0/s1. The maximum absolute atomic E-state index is 11.7. The first-order chi connectivity index (χ1) is 8.74. The number of hydrogen-bond donors (Lipinski definition) is 4. The van der Waals surface area contributed by atoms with E-state index in [1.807, 2.05) is 31.2 Å². The minimum Gasteiger partial charge on any atom is -0.394 e. The minimum absolute atomic E-state index is 0.0577. The Kier molecular flexibility index (Phi) is 3.84. The summed E-state index contributed by atoms with van der Waals surface area (Å²) in [6, 6.07) is 7.21. The van der Waals surface area contributed by atoms with Gasteiger partial charge in [-0.1, -0.05) is 25.1 Å². The summed E-state index contributed by atoms with van der Waals surface area (Å²) in [5.41, 5.74) is 1.71. The van der Waals surface area contributed by atoms with Gasteiger partial charge in [-0.2, -0.15) is 0 Å². The van der Waals surface area contributed by atoms with Gasteiger partial charge in [0.1, 0.15) is 0 Å². The summed E-state index contributed by atoms with van der Waals surface area (Å²) in [5, 5.41) is 15.5. The Bertz CT molecular complexity index is 532. The van der Waals surface area contributed by atoms with E-state index in [9.17, 15) is 4.79 Å². The molecule has 0 spiro atoms. The van der Waals surface area contributed by atoms with Crippen LogP contribution in [0.4, 0.5) is 10.5 Å². The van der Waals surface area contributed by atoms with E-state index < -0.39 is 0 Å². The Morgan fingerprint density at radius 1 is 1.44 bits per heavy atom. The maximum Gasteiger partial charge on any atom is 0.319 e. The van der Waals surface area contributed by atoms with Crippen molar-refractivity contribution in [3.05, 3.63) is 30.5 Å². The Balaban J connectivity index is 2.07. The highest BCUT2D eigenvalue weighted by Gasteiger charge is 2.10. The average molecular weight is 247 g/mol. The van der Waals surface area contributed by atoms with Crippen molar-refractivity contribution >= 4 is 22.6 Å². The Hall–Kier alpha value is -2.01. The molecule has 2 amide bonds. The molecular formula is C13H17N3O2. The van der Waals surface area contributed by atoms with E-state index in [0.717, 1.165) is 16.6 Å². The van der Waals surface area contributed by atoms with Gasteiger partial charge in [0.2, 0.25) is 0 Å². The number of aromatic amines is 1. The largest absolute Gasteiger partial charge is 0.394 e. The van der Waals surface area contributed by atoms with Gasteiger partial charge in [-0.25, -0.2) is 4.79 Å². The Morgan fingerprint density at radius 2 is 2.22 bits per heavy atom. The van der Waals surface area contributed by atoms with Gasteiger partial charge in [0.15, 0.2) is 0 Å². The number of fused-ring (bicyclic) bond motifs is 1. The SMILES string of the molecule is CC[C@@H](CO)NC(=O)Nc1c[nH]c2ccccc12. The number of benzene rings is 1. The number of aliphatic hydroxyl groups is 1. The van der Waals surface area contributed by atoms with Crippen molar-refractivity contribution in [1.82, 2.24) is 10.3 Å². The van der Waals surface area contributed by atoms with Crippen molar-refractivity contribution in [1.29, 1.82) is 0 Å². The number of amides is 2. The summed E-state index contributed by atoms with van der Waals surface area (Å²) in [6.45, 7) is 1.85. The molecular weight excluding hydrogens is 230 g/mol. The second-order valence-electron chi connectivity index (χ2n) is 4.13. The lowest BCUT2D eigenvalue weighted by Gasteiger charge is -2.14. The number of nitrogens with one attached hydrogen (secondary N) is 3. The molecule has 0 aliphatic heterocycles. The van der Waals surface area contributed by atoms with Gasteiger partial charge >= 0.3 is 6.03 Å². The van der Waals surface area contributed by atoms with E-state index in [-0.39, 0.29) is 18.7 Å². The van der Waals surface area contributed by atoms with Crippen LogP contribution in [0, 0.1) is 0 Å². The van der Waals surface area contributed by atoms with Crippen LogP contribution in [0.1, 0.15) is 13.3 Å². The first-order valence-electron chi connectivity index (χ1n) is 5.99. The van der Waals surface area contributed by atoms with Gasteiger partial charge in [0.25, 0.3) is 0 Å². The molecule has 18 heavy (non-hydrogen) atoms. The van der Waals surface area contributed by atoms with E-state index in [0.29, 0.717) is 6.42 Å². The van der Waals surface area contributed by atoms with E-state index in [1.165, 1.54) is 0 Å². The maximum atomic E-state index is 11.7. The molecule has 0 aliphatic rings. The molecule has 0 saturated heterocycles. The fourth-order valence-electron chi connectivity index (χ4n) is 1.80. The highest BCUT2D eigenvalue weighted by Crippen LogP contribution is 2.22. The summed E-state index contributed by atoms with van der Waals surface area (Å²) in [7, 11) is 0. The van der Waals surface area contributed by atoms with E-state index in [2.05, 4.69) is 15.6 Å². The Labute approximate surface area is 105 Å². The van der Waals surface area contributed by atoms with Gasteiger partial charge in [-0.3, -0.25) is 0 Å². The first kappa shape index (κ1) is 12.4. The zero-order valence-electron chi connectivity index (χ0n) is 10.2. The number of carbonyl (C=O) groups excluding carboxylic acids is 1. The molecule has 1 heterocycles. The van der Waals surface area contributed by atoms with Crippen LogP contribution in [-0.2, 0) is 0 Å². The molecule has 0 radical (unpaired) electrons. The molecule has 2 aromatic rings. The topological polar surface area (TPSA) is 77.2 Å². The number of aromatic nitrogens is 1. The Morgan fingerprint density at radius 3 is 2.94 bits per heavy atom. The zero-order chi connectivity index (χ0) is 13.0. The molecule has 96 valence electrons. The summed E-state index contributed by atoms with van der Waals surface area (Å²) in [6.07, 6.45) is 2.45. The fourth-order valence-corrected chi connectivity index (χ4v) is 1.80. The van der Waals surface area contributed by atoms with Crippen molar-refractivity contribution in [3.8, 4) is 0 Å². The molecule has 2 rings (SSSR count). The number of H-pyrrole nitrogens is 1. The highest BCUT2D eigenvalue weighted by atomic mass is 16.3. The van der Waals surface area contributed by atoms with Crippen LogP contribution in [0.25, 0.3) is 10.9 Å². The molecule has 0 saturated carbocycles. The fraction of sp³-hybridized carbons (Fsp3) is 0.308. The summed E-state index contributed by atoms with van der Waals surface area (Å²) < 4.78 is 0. The number of urea groups is 1. The van der Waals surface area contributed by atoms with Crippen LogP contribution in [0.5, 0.6) is 0 Å². The van der Waals surface area contributed by atoms with Gasteiger partial charge < -0.3 is 20.7 Å². The average Bonchev–Trinajstić information content (AvgIpc) is 2.79. The lowest BCUT2D eigenvalue weighted by atomic mass is 10.2. The predicted octanol–water partition coefficient (Wildman–Crippen LogP) is 2.06. The lowest BCUT2D eigenvalue weighted by Crippen LogP contribution is -2.39. The van der Waals surface area contributed by atoms with Crippen LogP contribution in [0.3, 0.4) is 0 Å². The van der Waals surface area contributed by atoms with Crippen LogP contribution in [0.15, 0.2) is 30.5 Å². The van der Waals surface area contributed by atoms with Crippen LogP contribution < -0.4 is 10.6 Å². The number of carbonyl (C=O) groups is 1. The summed E-state index contributed by atoms with van der Waals surface area (Å²) >= 11 is 0. The van der Waals surface area contributed by atoms with Gasteiger partial charge in [-0.05, 0) is 12.5 Å². The van der Waals surface area contributed by atoms with Gasteiger partial charge in [-0.15, -0.1) is 0 Å². The molecule has 1 aromatic carbocycles. The molecule has 0 fully saturated rings. The molecule has 0 bridgehead atoms. The van der Waals surface area contributed by atoms with E-state index in [1.54, 1.807) is 6.20 Å². The normalized spacial score (nSPS) is 12.3. The lowest BCUT2D eigenvalue weighted by molar-refractivity contribution is 0.222. The minimum atomic E-state index is -0.305. The number of aliphatic hydroxyl groups excluding tert-OH is 1.